The van der Waals surface area contributed by atoms with E-state index in [2.05, 4.69) is 25.3 Å². The number of nitrogens with zero attached hydrogens (tertiary/aromatic N) is 7. The number of fused-ring (bicyclic) bond motifs is 1. The van der Waals surface area contributed by atoms with Crippen molar-refractivity contribution in [2.45, 2.75) is 71.5 Å². The average molecular weight is 507 g/mol. The van der Waals surface area contributed by atoms with Crippen LogP contribution in [0.2, 0.25) is 5.15 Å². The molecule has 0 bridgehead atoms. The van der Waals surface area contributed by atoms with Crippen molar-refractivity contribution in [1.29, 1.82) is 0 Å². The monoisotopic (exact) mass is 506 g/mol. The van der Waals surface area contributed by atoms with Crippen LogP contribution in [0.5, 0.6) is 0 Å². The van der Waals surface area contributed by atoms with E-state index in [1.54, 1.807) is 10.8 Å². The summed E-state index contributed by atoms with van der Waals surface area (Å²) >= 11 is 6.03. The highest BCUT2D eigenvalue weighted by Gasteiger charge is 2.53. The van der Waals surface area contributed by atoms with Crippen LogP contribution >= 0.6 is 19.2 Å². The SMILES string of the molecule is CC(C)OP(=O)(OC(C)C)C(F)(F)CCCn1cc(Cn2cnc3c(Cl)nc(N)nc32)nn1. The highest BCUT2D eigenvalue weighted by Crippen LogP contribution is 2.64. The number of aryl methyl sites for hydroxylation is 1. The summed E-state index contributed by atoms with van der Waals surface area (Å²) in [6.45, 7) is 6.52. The summed E-state index contributed by atoms with van der Waals surface area (Å²) in [4.78, 5) is 12.2. The number of nitrogen functional groups attached to an aromatic ring is 1. The molecule has 15 heteroatoms. The molecule has 0 saturated heterocycles. The molecular weight excluding hydrogens is 481 g/mol. The molecular formula is C18H26ClF2N8O3P. The molecule has 11 nitrogen and oxygen atoms in total. The number of alkyl halides is 2. The smallest absolute Gasteiger partial charge is 0.368 e. The molecule has 0 aliphatic heterocycles. The maximum atomic E-state index is 14.8. The molecule has 0 aliphatic rings. The Morgan fingerprint density at radius 1 is 1.21 bits per heavy atom. The molecule has 3 heterocycles. The van der Waals surface area contributed by atoms with Gasteiger partial charge in [-0.15, -0.1) is 5.10 Å². The summed E-state index contributed by atoms with van der Waals surface area (Å²) in [5.41, 5.74) is 3.39. The largest absolute Gasteiger partial charge is 0.400 e. The van der Waals surface area contributed by atoms with E-state index in [0.29, 0.717) is 16.9 Å². The van der Waals surface area contributed by atoms with E-state index in [1.807, 2.05) is 0 Å². The first-order valence-electron chi connectivity index (χ1n) is 10.3. The third kappa shape index (κ3) is 6.03. The van der Waals surface area contributed by atoms with Crippen molar-refractivity contribution in [2.24, 2.45) is 0 Å². The van der Waals surface area contributed by atoms with E-state index in [-0.39, 0.29) is 30.6 Å². The summed E-state index contributed by atoms with van der Waals surface area (Å²) in [5, 5.41) is 8.15. The van der Waals surface area contributed by atoms with E-state index < -0.39 is 31.9 Å². The summed E-state index contributed by atoms with van der Waals surface area (Å²) in [5.74, 6) is 0.0130. The Bertz CT molecular complexity index is 1140. The van der Waals surface area contributed by atoms with Crippen LogP contribution in [0.3, 0.4) is 0 Å². The molecule has 0 fully saturated rings. The number of imidazole rings is 1. The fourth-order valence-electron chi connectivity index (χ4n) is 3.06. The second kappa shape index (κ2) is 9.96. The second-order valence-corrected chi connectivity index (χ2v) is 10.4. The Labute approximate surface area is 194 Å². The number of anilines is 1. The second-order valence-electron chi connectivity index (χ2n) is 7.97. The Morgan fingerprint density at radius 2 is 1.88 bits per heavy atom. The minimum absolute atomic E-state index is 0.0130. The number of halogens is 3. The molecule has 0 aromatic carbocycles. The lowest BCUT2D eigenvalue weighted by atomic mass is 10.3. The summed E-state index contributed by atoms with van der Waals surface area (Å²) in [6, 6.07) is 0. The molecule has 0 atom stereocenters. The molecule has 0 radical (unpaired) electrons. The van der Waals surface area contributed by atoms with Gasteiger partial charge >= 0.3 is 13.3 Å². The lowest BCUT2D eigenvalue weighted by molar-refractivity contribution is 0.0118. The van der Waals surface area contributed by atoms with Crippen LogP contribution in [0.15, 0.2) is 12.5 Å². The normalized spacial score (nSPS) is 13.0. The molecule has 0 unspecified atom stereocenters. The molecule has 2 N–H and O–H groups in total. The lowest BCUT2D eigenvalue weighted by Gasteiger charge is -2.29. The van der Waals surface area contributed by atoms with Crippen LogP contribution in [-0.2, 0) is 26.7 Å². The topological polar surface area (TPSA) is 136 Å². The Kier molecular flexibility index (Phi) is 7.67. The fourth-order valence-corrected chi connectivity index (χ4v) is 5.18. The highest BCUT2D eigenvalue weighted by atomic mass is 35.5. The predicted octanol–water partition coefficient (Wildman–Crippen LogP) is 4.12. The molecule has 3 rings (SSSR count). The molecule has 0 spiro atoms. The van der Waals surface area contributed by atoms with E-state index >= 15 is 0 Å². The van der Waals surface area contributed by atoms with Gasteiger partial charge in [-0.1, -0.05) is 16.8 Å². The van der Waals surface area contributed by atoms with Crippen molar-refractivity contribution in [3.63, 3.8) is 0 Å². The van der Waals surface area contributed by atoms with Crippen molar-refractivity contribution < 1.29 is 22.4 Å². The van der Waals surface area contributed by atoms with Gasteiger partial charge < -0.3 is 19.3 Å². The molecule has 182 valence electrons. The number of hydrogen-bond donors (Lipinski definition) is 1. The Morgan fingerprint density at radius 3 is 2.52 bits per heavy atom. The van der Waals surface area contributed by atoms with Crippen LogP contribution < -0.4 is 5.73 Å². The fraction of sp³-hybridized carbons (Fsp3) is 0.611. The number of aromatic nitrogens is 7. The Hall–Kier alpha value is -2.21. The zero-order valence-corrected chi connectivity index (χ0v) is 20.3. The zero-order chi connectivity index (χ0) is 24.4. The summed E-state index contributed by atoms with van der Waals surface area (Å²) in [6.07, 6.45) is 1.08. The van der Waals surface area contributed by atoms with Gasteiger partial charge in [-0.05, 0) is 34.1 Å². The number of rotatable bonds is 11. The van der Waals surface area contributed by atoms with Gasteiger partial charge in [-0.2, -0.15) is 18.7 Å². The van der Waals surface area contributed by atoms with E-state index in [1.165, 1.54) is 38.7 Å². The highest BCUT2D eigenvalue weighted by molar-refractivity contribution is 7.55. The molecule has 0 amide bonds. The van der Waals surface area contributed by atoms with Gasteiger partial charge in [-0.25, -0.2) is 4.98 Å². The lowest BCUT2D eigenvalue weighted by Crippen LogP contribution is -2.24. The average Bonchev–Trinajstić information content (AvgIpc) is 3.28. The van der Waals surface area contributed by atoms with Crippen LogP contribution in [0.25, 0.3) is 11.2 Å². The van der Waals surface area contributed by atoms with E-state index in [0.717, 1.165) is 0 Å². The van der Waals surface area contributed by atoms with Gasteiger partial charge in [0, 0.05) is 13.0 Å². The number of nitrogens with two attached hydrogens (primary N) is 1. The molecule has 33 heavy (non-hydrogen) atoms. The zero-order valence-electron chi connectivity index (χ0n) is 18.7. The van der Waals surface area contributed by atoms with Crippen molar-refractivity contribution in [1.82, 2.24) is 34.5 Å². The first-order chi connectivity index (χ1) is 15.4. The first kappa shape index (κ1) is 25.4. The Balaban J connectivity index is 1.64. The van der Waals surface area contributed by atoms with Gasteiger partial charge in [0.1, 0.15) is 11.2 Å². The maximum Gasteiger partial charge on any atom is 0.400 e. The van der Waals surface area contributed by atoms with Gasteiger partial charge in [-0.3, -0.25) is 9.25 Å². The molecule has 0 saturated carbocycles. The van der Waals surface area contributed by atoms with Gasteiger partial charge in [0.2, 0.25) is 5.95 Å². The molecule has 3 aromatic rings. The maximum absolute atomic E-state index is 14.8. The quantitative estimate of drug-likeness (QED) is 0.301. The summed E-state index contributed by atoms with van der Waals surface area (Å²) < 4.78 is 55.5. The minimum Gasteiger partial charge on any atom is -0.368 e. The van der Waals surface area contributed by atoms with Crippen LogP contribution in [0, 0.1) is 0 Å². The summed E-state index contributed by atoms with van der Waals surface area (Å²) in [7, 11) is -4.64. The predicted molar refractivity (Wildman–Crippen MR) is 118 cm³/mol. The van der Waals surface area contributed by atoms with Crippen molar-refractivity contribution in [3.8, 4) is 0 Å². The van der Waals surface area contributed by atoms with E-state index in [4.69, 9.17) is 26.4 Å². The number of hydrogen-bond acceptors (Lipinski definition) is 9. The third-order valence-electron chi connectivity index (χ3n) is 4.32. The van der Waals surface area contributed by atoms with Crippen LogP contribution in [0.4, 0.5) is 14.7 Å². The minimum atomic E-state index is -4.64. The standard InChI is InChI=1S/C18H26ClF2N8O3P/c1-11(2)31-33(30,32-12(3)4)18(20,21)6-5-7-29-9-13(26-27-29)8-28-10-23-14-15(19)24-17(22)25-16(14)28/h9-12H,5-8H2,1-4H3,(H2,22,24,25). The van der Waals surface area contributed by atoms with Crippen molar-refractivity contribution >= 4 is 36.3 Å². The van der Waals surface area contributed by atoms with Gasteiger partial charge in [0.05, 0.1) is 31.3 Å². The van der Waals surface area contributed by atoms with Crippen LogP contribution in [-0.4, -0.2) is 52.4 Å². The van der Waals surface area contributed by atoms with Crippen molar-refractivity contribution in [3.05, 3.63) is 23.4 Å². The first-order valence-corrected chi connectivity index (χ1v) is 12.2. The van der Waals surface area contributed by atoms with Gasteiger partial charge in [0.25, 0.3) is 0 Å². The molecule has 0 aliphatic carbocycles. The van der Waals surface area contributed by atoms with Crippen molar-refractivity contribution in [2.75, 3.05) is 5.73 Å². The molecule has 3 aromatic heterocycles. The van der Waals surface area contributed by atoms with Gasteiger partial charge in [0.15, 0.2) is 10.8 Å². The van der Waals surface area contributed by atoms with E-state index in [9.17, 15) is 13.3 Å². The van der Waals surface area contributed by atoms with Crippen LogP contribution in [0.1, 0.15) is 46.2 Å². The third-order valence-corrected chi connectivity index (χ3v) is 7.01.